The quantitative estimate of drug-likeness (QED) is 0.621. The summed E-state index contributed by atoms with van der Waals surface area (Å²) in [6.45, 7) is 1.17. The van der Waals surface area contributed by atoms with E-state index in [1.807, 2.05) is 0 Å². The maximum Gasteiger partial charge on any atom is 0.338 e. The third kappa shape index (κ3) is 5.84. The molecule has 0 aliphatic heterocycles. The van der Waals surface area contributed by atoms with Gasteiger partial charge in [0.2, 0.25) is 10.0 Å². The summed E-state index contributed by atoms with van der Waals surface area (Å²) in [5.41, 5.74) is -0.0884. The van der Waals surface area contributed by atoms with Gasteiger partial charge in [0.25, 0.3) is 5.91 Å². The topological polar surface area (TPSA) is 102 Å². The predicted octanol–water partition coefficient (Wildman–Crippen LogP) is 2.68. The highest BCUT2D eigenvalue weighted by molar-refractivity contribution is 9.10. The van der Waals surface area contributed by atoms with E-state index in [-0.39, 0.29) is 22.7 Å². The number of halogens is 2. The van der Waals surface area contributed by atoms with E-state index in [0.717, 1.165) is 6.07 Å². The number of hydrogen-bond donors (Lipinski definition) is 2. The van der Waals surface area contributed by atoms with Crippen molar-refractivity contribution in [2.45, 2.75) is 11.8 Å². The van der Waals surface area contributed by atoms with Gasteiger partial charge >= 0.3 is 5.97 Å². The minimum Gasteiger partial charge on any atom is -0.452 e. The van der Waals surface area contributed by atoms with Crippen molar-refractivity contribution in [3.05, 3.63) is 58.3 Å². The summed E-state index contributed by atoms with van der Waals surface area (Å²) in [7, 11) is -3.73. The molecule has 0 heterocycles. The molecule has 0 aliphatic carbocycles. The SMILES string of the molecule is CCNS(=O)(=O)c1cccc(C(=O)OCC(=O)Nc2ccc(Br)cc2F)c1. The lowest BCUT2D eigenvalue weighted by atomic mass is 10.2. The van der Waals surface area contributed by atoms with Crippen LogP contribution in [-0.2, 0) is 19.6 Å². The predicted molar refractivity (Wildman–Crippen MR) is 100 cm³/mol. The number of ether oxygens (including phenoxy) is 1. The van der Waals surface area contributed by atoms with Crippen LogP contribution in [0, 0.1) is 5.82 Å². The van der Waals surface area contributed by atoms with Gasteiger partial charge in [0, 0.05) is 11.0 Å². The smallest absolute Gasteiger partial charge is 0.338 e. The van der Waals surface area contributed by atoms with Crippen molar-refractivity contribution in [1.82, 2.24) is 4.72 Å². The Labute approximate surface area is 164 Å². The molecule has 0 spiro atoms. The minimum atomic E-state index is -3.73. The van der Waals surface area contributed by atoms with Crippen molar-refractivity contribution in [3.8, 4) is 0 Å². The van der Waals surface area contributed by atoms with Gasteiger partial charge in [-0.15, -0.1) is 0 Å². The van der Waals surface area contributed by atoms with Gasteiger partial charge in [0.1, 0.15) is 5.82 Å². The Kier molecular flexibility index (Phi) is 7.05. The van der Waals surface area contributed by atoms with Crippen molar-refractivity contribution in [2.24, 2.45) is 0 Å². The fraction of sp³-hybridized carbons (Fsp3) is 0.176. The molecule has 2 aromatic rings. The lowest BCUT2D eigenvalue weighted by Crippen LogP contribution is -2.24. The summed E-state index contributed by atoms with van der Waals surface area (Å²) in [5, 5.41) is 2.28. The largest absolute Gasteiger partial charge is 0.452 e. The highest BCUT2D eigenvalue weighted by atomic mass is 79.9. The molecule has 2 aromatic carbocycles. The zero-order valence-electron chi connectivity index (χ0n) is 14.2. The Morgan fingerprint density at radius 2 is 1.93 bits per heavy atom. The third-order valence-electron chi connectivity index (χ3n) is 3.25. The molecule has 144 valence electrons. The Balaban J connectivity index is 2.00. The highest BCUT2D eigenvalue weighted by Crippen LogP contribution is 2.19. The summed E-state index contributed by atoms with van der Waals surface area (Å²) >= 11 is 3.10. The van der Waals surface area contributed by atoms with Gasteiger partial charge in [-0.1, -0.05) is 28.9 Å². The molecule has 0 radical (unpaired) electrons. The van der Waals surface area contributed by atoms with E-state index in [4.69, 9.17) is 4.74 Å². The zero-order valence-corrected chi connectivity index (χ0v) is 16.6. The van der Waals surface area contributed by atoms with Crippen LogP contribution in [0.1, 0.15) is 17.3 Å². The first-order chi connectivity index (χ1) is 12.7. The third-order valence-corrected chi connectivity index (χ3v) is 5.29. The lowest BCUT2D eigenvalue weighted by Gasteiger charge is -2.09. The maximum absolute atomic E-state index is 13.7. The number of esters is 1. The zero-order chi connectivity index (χ0) is 20.0. The molecule has 27 heavy (non-hydrogen) atoms. The average Bonchev–Trinajstić information content (AvgIpc) is 2.62. The molecule has 0 bridgehead atoms. The number of hydrogen-bond acceptors (Lipinski definition) is 5. The molecule has 0 atom stereocenters. The first-order valence-electron chi connectivity index (χ1n) is 7.74. The van der Waals surface area contributed by atoms with Crippen LogP contribution in [0.2, 0.25) is 0 Å². The molecule has 10 heteroatoms. The number of carbonyl (C=O) groups is 2. The molecule has 0 fully saturated rings. The van der Waals surface area contributed by atoms with E-state index in [1.165, 1.54) is 30.3 Å². The molecule has 0 aliphatic rings. The fourth-order valence-corrected chi connectivity index (χ4v) is 3.47. The molecule has 1 amide bonds. The number of benzene rings is 2. The summed E-state index contributed by atoms with van der Waals surface area (Å²) in [5.74, 6) is -2.26. The molecule has 0 aromatic heterocycles. The minimum absolute atomic E-state index is 0.0309. The van der Waals surface area contributed by atoms with Gasteiger partial charge in [-0.25, -0.2) is 22.3 Å². The Hall–Kier alpha value is -2.30. The van der Waals surface area contributed by atoms with Crippen LogP contribution < -0.4 is 10.0 Å². The molecular weight excluding hydrogens is 443 g/mol. The number of nitrogens with one attached hydrogen (secondary N) is 2. The van der Waals surface area contributed by atoms with Crippen LogP contribution in [0.4, 0.5) is 10.1 Å². The normalized spacial score (nSPS) is 11.1. The molecular formula is C17H16BrFN2O5S. The molecule has 2 rings (SSSR count). The van der Waals surface area contributed by atoms with Crippen LogP contribution >= 0.6 is 15.9 Å². The first-order valence-corrected chi connectivity index (χ1v) is 10.0. The summed E-state index contributed by atoms with van der Waals surface area (Å²) in [6.07, 6.45) is 0. The van der Waals surface area contributed by atoms with Gasteiger partial charge in [-0.3, -0.25) is 4.79 Å². The van der Waals surface area contributed by atoms with Crippen molar-refractivity contribution >= 4 is 43.5 Å². The fourth-order valence-electron chi connectivity index (χ4n) is 2.06. The van der Waals surface area contributed by atoms with Gasteiger partial charge in [0.05, 0.1) is 16.1 Å². The van der Waals surface area contributed by atoms with Crippen LogP contribution in [0.15, 0.2) is 51.8 Å². The van der Waals surface area contributed by atoms with Crippen molar-refractivity contribution in [3.63, 3.8) is 0 Å². The van der Waals surface area contributed by atoms with Crippen molar-refractivity contribution < 1.29 is 27.1 Å². The van der Waals surface area contributed by atoms with E-state index in [2.05, 4.69) is 26.0 Å². The van der Waals surface area contributed by atoms with Crippen molar-refractivity contribution in [1.29, 1.82) is 0 Å². The monoisotopic (exact) mass is 458 g/mol. The Morgan fingerprint density at radius 1 is 1.19 bits per heavy atom. The van der Waals surface area contributed by atoms with Crippen LogP contribution in [0.3, 0.4) is 0 Å². The van der Waals surface area contributed by atoms with E-state index >= 15 is 0 Å². The van der Waals surface area contributed by atoms with Crippen LogP contribution in [0.25, 0.3) is 0 Å². The Morgan fingerprint density at radius 3 is 2.59 bits per heavy atom. The molecule has 0 unspecified atom stereocenters. The van der Waals surface area contributed by atoms with Gasteiger partial charge < -0.3 is 10.1 Å². The maximum atomic E-state index is 13.7. The number of rotatable bonds is 7. The van der Waals surface area contributed by atoms with Gasteiger partial charge in [0.15, 0.2) is 6.61 Å². The summed E-state index contributed by atoms with van der Waals surface area (Å²) < 4.78 is 45.3. The number of amides is 1. The van der Waals surface area contributed by atoms with E-state index in [1.54, 1.807) is 13.0 Å². The van der Waals surface area contributed by atoms with E-state index in [0.29, 0.717) is 4.47 Å². The lowest BCUT2D eigenvalue weighted by molar-refractivity contribution is -0.119. The molecule has 0 saturated heterocycles. The second-order valence-corrected chi connectivity index (χ2v) is 7.96. The second-order valence-electron chi connectivity index (χ2n) is 5.28. The van der Waals surface area contributed by atoms with Gasteiger partial charge in [-0.05, 0) is 36.4 Å². The van der Waals surface area contributed by atoms with Crippen molar-refractivity contribution in [2.75, 3.05) is 18.5 Å². The standard InChI is InChI=1S/C17H16BrFN2O5S/c1-2-20-27(24,25)13-5-3-4-11(8-13)17(23)26-10-16(22)21-15-7-6-12(18)9-14(15)19/h3-9,20H,2,10H2,1H3,(H,21,22). The second kappa shape index (κ2) is 9.07. The van der Waals surface area contributed by atoms with E-state index in [9.17, 15) is 22.4 Å². The van der Waals surface area contributed by atoms with Gasteiger partial charge in [-0.2, -0.15) is 0 Å². The van der Waals surface area contributed by atoms with Crippen LogP contribution in [-0.4, -0.2) is 33.4 Å². The summed E-state index contributed by atoms with van der Waals surface area (Å²) in [6, 6.07) is 9.30. The Bertz CT molecular complexity index is 966. The number of carbonyl (C=O) groups excluding carboxylic acids is 2. The highest BCUT2D eigenvalue weighted by Gasteiger charge is 2.17. The number of sulfonamides is 1. The number of anilines is 1. The molecule has 7 nitrogen and oxygen atoms in total. The molecule has 0 saturated carbocycles. The summed E-state index contributed by atoms with van der Waals surface area (Å²) in [4.78, 5) is 23.8. The van der Waals surface area contributed by atoms with Crippen LogP contribution in [0.5, 0.6) is 0 Å². The van der Waals surface area contributed by atoms with E-state index < -0.39 is 34.3 Å². The molecule has 2 N–H and O–H groups in total. The first kappa shape index (κ1) is 21.0. The average molecular weight is 459 g/mol.